The summed E-state index contributed by atoms with van der Waals surface area (Å²) < 4.78 is 11.3. The summed E-state index contributed by atoms with van der Waals surface area (Å²) in [6.45, 7) is 7.84. The van der Waals surface area contributed by atoms with Crippen molar-refractivity contribution in [1.29, 1.82) is 0 Å². The molecule has 88 valence electrons. The Bertz CT molecular complexity index is 211. The molecule has 2 fully saturated rings. The molecule has 0 saturated carbocycles. The number of ether oxygens (including phenoxy) is 2. The molecule has 2 aliphatic rings. The maximum atomic E-state index is 5.88. The molecule has 4 atom stereocenters. The van der Waals surface area contributed by atoms with Crippen LogP contribution in [0.2, 0.25) is 0 Å². The third-order valence-electron chi connectivity index (χ3n) is 3.52. The normalized spacial score (nSPS) is 40.6. The van der Waals surface area contributed by atoms with Crippen LogP contribution in [-0.2, 0) is 9.47 Å². The molecule has 0 aromatic carbocycles. The second-order valence-electron chi connectivity index (χ2n) is 4.70. The van der Waals surface area contributed by atoms with E-state index in [1.165, 1.54) is 0 Å². The molecule has 2 rings (SSSR count). The number of hydrogen-bond donors (Lipinski definition) is 1. The molecular formula is C11H22N2O2. The molecule has 2 N–H and O–H groups in total. The van der Waals surface area contributed by atoms with Gasteiger partial charge in [-0.15, -0.1) is 0 Å². The highest BCUT2D eigenvalue weighted by Gasteiger charge is 2.34. The zero-order chi connectivity index (χ0) is 10.8. The van der Waals surface area contributed by atoms with Gasteiger partial charge in [0.25, 0.3) is 0 Å². The fourth-order valence-corrected chi connectivity index (χ4v) is 2.52. The van der Waals surface area contributed by atoms with Gasteiger partial charge in [-0.3, -0.25) is 4.90 Å². The van der Waals surface area contributed by atoms with Gasteiger partial charge in [0.15, 0.2) is 0 Å². The van der Waals surface area contributed by atoms with Gasteiger partial charge >= 0.3 is 0 Å². The highest BCUT2D eigenvalue weighted by Crippen LogP contribution is 2.22. The Morgan fingerprint density at radius 2 is 2.13 bits per heavy atom. The van der Waals surface area contributed by atoms with Crippen LogP contribution in [0.5, 0.6) is 0 Å². The lowest BCUT2D eigenvalue weighted by Gasteiger charge is -2.39. The molecule has 0 aromatic heterocycles. The van der Waals surface area contributed by atoms with Gasteiger partial charge in [-0.1, -0.05) is 0 Å². The lowest BCUT2D eigenvalue weighted by molar-refractivity contribution is -0.0597. The van der Waals surface area contributed by atoms with Crippen molar-refractivity contribution < 1.29 is 9.47 Å². The van der Waals surface area contributed by atoms with Crippen LogP contribution in [0.3, 0.4) is 0 Å². The van der Waals surface area contributed by atoms with Crippen LogP contribution in [0.4, 0.5) is 0 Å². The van der Waals surface area contributed by atoms with Crippen LogP contribution >= 0.6 is 0 Å². The van der Waals surface area contributed by atoms with E-state index in [1.807, 2.05) is 6.92 Å². The van der Waals surface area contributed by atoms with Gasteiger partial charge in [0.1, 0.15) is 0 Å². The summed E-state index contributed by atoms with van der Waals surface area (Å²) in [5.41, 5.74) is 5.88. The van der Waals surface area contributed by atoms with E-state index in [1.54, 1.807) is 0 Å². The van der Waals surface area contributed by atoms with E-state index in [9.17, 15) is 0 Å². The number of hydrogen-bond acceptors (Lipinski definition) is 4. The average Bonchev–Trinajstić information content (AvgIpc) is 2.64. The monoisotopic (exact) mass is 214 g/mol. The molecule has 4 nitrogen and oxygen atoms in total. The Kier molecular flexibility index (Phi) is 3.61. The van der Waals surface area contributed by atoms with Gasteiger partial charge < -0.3 is 15.2 Å². The molecule has 2 aliphatic heterocycles. The smallest absolute Gasteiger partial charge is 0.0850 e. The first-order valence-electron chi connectivity index (χ1n) is 5.91. The topological polar surface area (TPSA) is 47.7 Å². The lowest BCUT2D eigenvalue weighted by Crippen LogP contribution is -2.54. The Morgan fingerprint density at radius 3 is 2.73 bits per heavy atom. The van der Waals surface area contributed by atoms with E-state index in [2.05, 4.69) is 11.8 Å². The standard InChI is InChI=1S/C11H22N2O2/c1-8(12)11-7-13(4-6-15-11)10-3-5-14-9(10)2/h8-11H,3-7,12H2,1-2H3. The largest absolute Gasteiger partial charge is 0.377 e. The van der Waals surface area contributed by atoms with Gasteiger partial charge in [-0.25, -0.2) is 0 Å². The van der Waals surface area contributed by atoms with Crippen LogP contribution < -0.4 is 5.73 Å². The summed E-state index contributed by atoms with van der Waals surface area (Å²) in [5.74, 6) is 0. The second kappa shape index (κ2) is 4.78. The third-order valence-corrected chi connectivity index (χ3v) is 3.52. The summed E-state index contributed by atoms with van der Waals surface area (Å²) in [6.07, 6.45) is 1.69. The molecule has 0 spiro atoms. The van der Waals surface area contributed by atoms with E-state index in [-0.39, 0.29) is 12.1 Å². The van der Waals surface area contributed by atoms with E-state index in [0.29, 0.717) is 12.1 Å². The summed E-state index contributed by atoms with van der Waals surface area (Å²) in [4.78, 5) is 2.48. The van der Waals surface area contributed by atoms with Crippen molar-refractivity contribution in [2.24, 2.45) is 5.73 Å². The van der Waals surface area contributed by atoms with Crippen LogP contribution in [0, 0.1) is 0 Å². The molecule has 0 aliphatic carbocycles. The van der Waals surface area contributed by atoms with Gasteiger partial charge in [0.2, 0.25) is 0 Å². The summed E-state index contributed by atoms with van der Waals surface area (Å²) in [7, 11) is 0. The minimum Gasteiger partial charge on any atom is -0.377 e. The molecule has 4 heteroatoms. The van der Waals surface area contributed by atoms with Crippen molar-refractivity contribution in [3.63, 3.8) is 0 Å². The average molecular weight is 214 g/mol. The minimum absolute atomic E-state index is 0.116. The molecule has 2 saturated heterocycles. The minimum atomic E-state index is 0.116. The van der Waals surface area contributed by atoms with Gasteiger partial charge in [0, 0.05) is 31.8 Å². The van der Waals surface area contributed by atoms with E-state index in [4.69, 9.17) is 15.2 Å². The molecule has 0 radical (unpaired) electrons. The van der Waals surface area contributed by atoms with Gasteiger partial charge in [-0.2, -0.15) is 0 Å². The SMILES string of the molecule is CC(N)C1CN(C2CCOC2C)CCO1. The first-order valence-corrected chi connectivity index (χ1v) is 5.91. The van der Waals surface area contributed by atoms with Crippen LogP contribution in [-0.4, -0.2) is 55.5 Å². The van der Waals surface area contributed by atoms with E-state index < -0.39 is 0 Å². The molecule has 2 heterocycles. The zero-order valence-corrected chi connectivity index (χ0v) is 9.69. The molecular weight excluding hydrogens is 192 g/mol. The van der Waals surface area contributed by atoms with Crippen molar-refractivity contribution in [2.75, 3.05) is 26.3 Å². The fourth-order valence-electron chi connectivity index (χ4n) is 2.52. The van der Waals surface area contributed by atoms with E-state index in [0.717, 1.165) is 32.7 Å². The highest BCUT2D eigenvalue weighted by atomic mass is 16.5. The summed E-state index contributed by atoms with van der Waals surface area (Å²) >= 11 is 0. The maximum Gasteiger partial charge on any atom is 0.0850 e. The highest BCUT2D eigenvalue weighted by molar-refractivity contribution is 4.87. The van der Waals surface area contributed by atoms with Crippen molar-refractivity contribution in [3.05, 3.63) is 0 Å². The Morgan fingerprint density at radius 1 is 1.33 bits per heavy atom. The Hall–Kier alpha value is -0.160. The Labute approximate surface area is 91.7 Å². The van der Waals surface area contributed by atoms with Crippen molar-refractivity contribution >= 4 is 0 Å². The summed E-state index contributed by atoms with van der Waals surface area (Å²) in [6, 6.07) is 0.681. The number of rotatable bonds is 2. The fraction of sp³-hybridized carbons (Fsp3) is 1.00. The van der Waals surface area contributed by atoms with Gasteiger partial charge in [0.05, 0.1) is 18.8 Å². The molecule has 15 heavy (non-hydrogen) atoms. The predicted octanol–water partition coefficient (Wildman–Crippen LogP) is 0.212. The first kappa shape index (κ1) is 11.3. The molecule has 0 aromatic rings. The molecule has 0 bridgehead atoms. The van der Waals surface area contributed by atoms with Crippen molar-refractivity contribution in [2.45, 2.75) is 44.6 Å². The van der Waals surface area contributed by atoms with Crippen LogP contribution in [0.1, 0.15) is 20.3 Å². The second-order valence-corrected chi connectivity index (χ2v) is 4.70. The zero-order valence-electron chi connectivity index (χ0n) is 9.69. The Balaban J connectivity index is 1.92. The van der Waals surface area contributed by atoms with Crippen molar-refractivity contribution in [1.82, 2.24) is 4.90 Å². The van der Waals surface area contributed by atoms with Crippen molar-refractivity contribution in [3.8, 4) is 0 Å². The van der Waals surface area contributed by atoms with Gasteiger partial charge in [-0.05, 0) is 20.3 Å². The maximum absolute atomic E-state index is 5.88. The third kappa shape index (κ3) is 2.50. The molecule has 0 amide bonds. The van der Waals surface area contributed by atoms with E-state index >= 15 is 0 Å². The number of morpholine rings is 1. The summed E-state index contributed by atoms with van der Waals surface area (Å²) in [5, 5.41) is 0. The van der Waals surface area contributed by atoms with Crippen LogP contribution in [0.25, 0.3) is 0 Å². The molecule has 4 unspecified atom stereocenters. The number of nitrogens with zero attached hydrogens (tertiary/aromatic N) is 1. The predicted molar refractivity (Wildman–Crippen MR) is 58.8 cm³/mol. The number of nitrogens with two attached hydrogens (primary N) is 1. The van der Waals surface area contributed by atoms with Crippen LogP contribution in [0.15, 0.2) is 0 Å². The lowest BCUT2D eigenvalue weighted by atomic mass is 10.1. The quantitative estimate of drug-likeness (QED) is 0.714. The first-order chi connectivity index (χ1) is 7.18.